The summed E-state index contributed by atoms with van der Waals surface area (Å²) in [6.07, 6.45) is 1.17. The van der Waals surface area contributed by atoms with Crippen LogP contribution in [-0.4, -0.2) is 27.6 Å². The Morgan fingerprint density at radius 3 is 2.10 bits per heavy atom. The average molecular weight is 543 g/mol. The van der Waals surface area contributed by atoms with Crippen LogP contribution < -0.4 is 9.62 Å². The predicted molar refractivity (Wildman–Crippen MR) is 153 cm³/mol. The maximum Gasteiger partial charge on any atom is 0.255 e. The first-order chi connectivity index (χ1) is 18.7. The molecule has 0 saturated heterocycles. The molecule has 1 atom stereocenters. The van der Waals surface area contributed by atoms with E-state index in [1.54, 1.807) is 24.3 Å². The Bertz CT molecular complexity index is 1750. The molecule has 0 spiro atoms. The summed E-state index contributed by atoms with van der Waals surface area (Å²) in [7, 11) is -2.25. The van der Waals surface area contributed by atoms with Crippen molar-refractivity contribution in [3.63, 3.8) is 0 Å². The smallest absolute Gasteiger partial charge is 0.255 e. The second-order valence-electron chi connectivity index (χ2n) is 9.27. The van der Waals surface area contributed by atoms with E-state index in [-0.39, 0.29) is 17.2 Å². The summed E-state index contributed by atoms with van der Waals surface area (Å²) in [5, 5.41) is 3.17. The molecule has 1 amide bonds. The molecule has 0 fully saturated rings. The normalized spacial score (nSPS) is 12.3. The third kappa shape index (κ3) is 5.03. The van der Waals surface area contributed by atoms with Crippen molar-refractivity contribution in [1.29, 1.82) is 0 Å². The fraction of sp³-hybridized carbons (Fsp3) is 0.129. The Morgan fingerprint density at radius 1 is 0.897 bits per heavy atom. The van der Waals surface area contributed by atoms with Gasteiger partial charge in [0.2, 0.25) is 10.0 Å². The van der Waals surface area contributed by atoms with Crippen molar-refractivity contribution in [1.82, 2.24) is 5.32 Å². The predicted octanol–water partition coefficient (Wildman–Crippen LogP) is 6.79. The lowest BCUT2D eigenvalue weighted by molar-refractivity contribution is 0.0964. The van der Waals surface area contributed by atoms with Gasteiger partial charge in [0, 0.05) is 29.6 Å². The van der Waals surface area contributed by atoms with Gasteiger partial charge in [-0.3, -0.25) is 9.10 Å². The van der Waals surface area contributed by atoms with Gasteiger partial charge in [-0.25, -0.2) is 12.8 Å². The van der Waals surface area contributed by atoms with E-state index in [0.717, 1.165) is 11.1 Å². The number of nitrogens with one attached hydrogen (secondary N) is 1. The SMILES string of the molecule is CNC(=O)c1c(-c2ccc(F)cc2)oc2cc(N(C(C)c3ccccc3)S(C)(=O)=O)c(-c3ccccc3)cc12. The van der Waals surface area contributed by atoms with Gasteiger partial charge in [-0.2, -0.15) is 0 Å². The number of halogens is 1. The highest BCUT2D eigenvalue weighted by atomic mass is 32.2. The van der Waals surface area contributed by atoms with E-state index in [2.05, 4.69) is 5.32 Å². The molecule has 0 radical (unpaired) electrons. The summed E-state index contributed by atoms with van der Waals surface area (Å²) in [5.74, 6) is -0.524. The van der Waals surface area contributed by atoms with Crippen LogP contribution in [0.4, 0.5) is 10.1 Å². The Kier molecular flexibility index (Phi) is 6.97. The van der Waals surface area contributed by atoms with E-state index in [9.17, 15) is 17.6 Å². The molecular weight excluding hydrogens is 515 g/mol. The quantitative estimate of drug-likeness (QED) is 0.246. The van der Waals surface area contributed by atoms with Crippen LogP contribution >= 0.6 is 0 Å². The minimum absolute atomic E-state index is 0.266. The van der Waals surface area contributed by atoms with Crippen LogP contribution in [0.25, 0.3) is 33.4 Å². The van der Waals surface area contributed by atoms with Gasteiger partial charge < -0.3 is 9.73 Å². The summed E-state index contributed by atoms with van der Waals surface area (Å²) in [6, 6.07) is 27.4. The Balaban J connectivity index is 1.84. The van der Waals surface area contributed by atoms with Crippen molar-refractivity contribution < 1.29 is 22.0 Å². The monoisotopic (exact) mass is 542 g/mol. The van der Waals surface area contributed by atoms with E-state index >= 15 is 0 Å². The van der Waals surface area contributed by atoms with Crippen LogP contribution in [0.2, 0.25) is 0 Å². The van der Waals surface area contributed by atoms with Gasteiger partial charge in [0.15, 0.2) is 0 Å². The van der Waals surface area contributed by atoms with Crippen molar-refractivity contribution in [2.45, 2.75) is 13.0 Å². The largest absolute Gasteiger partial charge is 0.455 e. The first-order valence-electron chi connectivity index (χ1n) is 12.4. The van der Waals surface area contributed by atoms with Crippen molar-refractivity contribution in [3.8, 4) is 22.5 Å². The van der Waals surface area contributed by atoms with Gasteiger partial charge in [-0.15, -0.1) is 0 Å². The van der Waals surface area contributed by atoms with Gasteiger partial charge in [-0.1, -0.05) is 60.7 Å². The van der Waals surface area contributed by atoms with Gasteiger partial charge in [0.1, 0.15) is 17.2 Å². The van der Waals surface area contributed by atoms with Gasteiger partial charge >= 0.3 is 0 Å². The zero-order valence-electron chi connectivity index (χ0n) is 21.7. The average Bonchev–Trinajstić information content (AvgIpc) is 3.31. The standard InChI is InChI=1S/C31H27FN2O4S/c1-20(21-10-6-4-7-11-21)34(39(3,36)37)27-19-28-26(18-25(27)22-12-8-5-9-13-22)29(31(35)33-2)30(38-28)23-14-16-24(32)17-15-23/h4-20H,1-3H3,(H,33,35). The number of anilines is 1. The molecule has 0 saturated carbocycles. The van der Waals surface area contributed by atoms with Crippen LogP contribution in [-0.2, 0) is 10.0 Å². The topological polar surface area (TPSA) is 79.6 Å². The molecule has 1 unspecified atom stereocenters. The van der Waals surface area contributed by atoms with Crippen molar-refractivity contribution in [2.75, 3.05) is 17.6 Å². The zero-order chi connectivity index (χ0) is 27.7. The second kappa shape index (κ2) is 10.4. The third-order valence-corrected chi connectivity index (χ3v) is 7.91. The van der Waals surface area contributed by atoms with Crippen molar-refractivity contribution >= 4 is 32.6 Å². The molecule has 0 aliphatic rings. The van der Waals surface area contributed by atoms with Crippen LogP contribution in [0, 0.1) is 5.82 Å². The summed E-state index contributed by atoms with van der Waals surface area (Å²) in [4.78, 5) is 13.1. The lowest BCUT2D eigenvalue weighted by atomic mass is 9.97. The molecule has 39 heavy (non-hydrogen) atoms. The molecule has 198 valence electrons. The number of rotatable bonds is 7. The van der Waals surface area contributed by atoms with E-state index in [0.29, 0.717) is 27.8 Å². The Hall–Kier alpha value is -4.43. The number of benzene rings is 4. The molecule has 8 heteroatoms. The van der Waals surface area contributed by atoms with Crippen LogP contribution in [0.1, 0.15) is 28.9 Å². The number of carbonyl (C=O) groups is 1. The zero-order valence-corrected chi connectivity index (χ0v) is 22.5. The lowest BCUT2D eigenvalue weighted by Gasteiger charge is -2.31. The number of sulfonamides is 1. The highest BCUT2D eigenvalue weighted by molar-refractivity contribution is 7.92. The molecular formula is C31H27FN2O4S. The molecule has 5 aromatic rings. The molecule has 0 aliphatic heterocycles. The number of carbonyl (C=O) groups excluding carboxylic acids is 1. The van der Waals surface area contributed by atoms with E-state index in [1.807, 2.05) is 67.6 Å². The van der Waals surface area contributed by atoms with Gasteiger partial charge in [0.25, 0.3) is 5.91 Å². The second-order valence-corrected chi connectivity index (χ2v) is 11.1. The molecule has 1 aromatic heterocycles. The van der Waals surface area contributed by atoms with Crippen LogP contribution in [0.3, 0.4) is 0 Å². The number of hydrogen-bond acceptors (Lipinski definition) is 4. The number of fused-ring (bicyclic) bond motifs is 1. The molecule has 4 aromatic carbocycles. The molecule has 0 bridgehead atoms. The molecule has 0 aliphatic carbocycles. The Morgan fingerprint density at radius 2 is 1.51 bits per heavy atom. The van der Waals surface area contributed by atoms with Gasteiger partial charge in [0.05, 0.1) is 23.5 Å². The maximum atomic E-state index is 13.7. The van der Waals surface area contributed by atoms with E-state index in [1.165, 1.54) is 29.7 Å². The minimum atomic E-state index is -3.78. The van der Waals surface area contributed by atoms with Crippen LogP contribution in [0.15, 0.2) is 101 Å². The summed E-state index contributed by atoms with van der Waals surface area (Å²) in [6.45, 7) is 1.83. The van der Waals surface area contributed by atoms with Crippen LogP contribution in [0.5, 0.6) is 0 Å². The highest BCUT2D eigenvalue weighted by Crippen LogP contribution is 2.43. The summed E-state index contributed by atoms with van der Waals surface area (Å²) < 4.78 is 48.0. The first kappa shape index (κ1) is 26.2. The van der Waals surface area contributed by atoms with Crippen molar-refractivity contribution in [3.05, 3.63) is 114 Å². The summed E-state index contributed by atoms with van der Waals surface area (Å²) in [5.41, 5.74) is 3.76. The fourth-order valence-electron chi connectivity index (χ4n) is 4.86. The van der Waals surface area contributed by atoms with E-state index in [4.69, 9.17) is 4.42 Å². The minimum Gasteiger partial charge on any atom is -0.455 e. The van der Waals surface area contributed by atoms with E-state index < -0.39 is 21.9 Å². The van der Waals surface area contributed by atoms with Crippen molar-refractivity contribution in [2.24, 2.45) is 0 Å². The maximum absolute atomic E-state index is 13.7. The highest BCUT2D eigenvalue weighted by Gasteiger charge is 2.30. The first-order valence-corrected chi connectivity index (χ1v) is 14.2. The lowest BCUT2D eigenvalue weighted by Crippen LogP contribution is -2.33. The molecule has 6 nitrogen and oxygen atoms in total. The third-order valence-electron chi connectivity index (χ3n) is 6.68. The molecule has 1 heterocycles. The number of nitrogens with zero attached hydrogens (tertiary/aromatic N) is 1. The summed E-state index contributed by atoms with van der Waals surface area (Å²) >= 11 is 0. The van der Waals surface area contributed by atoms with Gasteiger partial charge in [-0.05, 0) is 48.4 Å². The number of hydrogen-bond donors (Lipinski definition) is 1. The Labute approximate surface area is 226 Å². The molecule has 1 N–H and O–H groups in total. The number of furan rings is 1. The number of amides is 1. The fourth-order valence-corrected chi connectivity index (χ4v) is 6.06. The molecule has 5 rings (SSSR count).